The molecule has 1 aromatic carbocycles. The maximum Gasteiger partial charge on any atom is 0.320 e. The lowest BCUT2D eigenvalue weighted by atomic mass is 9.89. The molecule has 180 valence electrons. The van der Waals surface area contributed by atoms with Gasteiger partial charge in [-0.05, 0) is 48.9 Å². The molecule has 0 radical (unpaired) electrons. The Morgan fingerprint density at radius 3 is 2.63 bits per heavy atom. The number of pyridine rings is 1. The summed E-state index contributed by atoms with van der Waals surface area (Å²) in [6, 6.07) is 6.35. The molecular weight excluding hydrogens is 462 g/mol. The number of aromatic nitrogens is 3. The molecule has 5 rings (SSSR count). The van der Waals surface area contributed by atoms with E-state index in [0.29, 0.717) is 30.9 Å². The van der Waals surface area contributed by atoms with Gasteiger partial charge >= 0.3 is 23.8 Å². The van der Waals surface area contributed by atoms with Gasteiger partial charge in [-0.15, -0.1) is 5.10 Å². The Bertz CT molecular complexity index is 1330. The van der Waals surface area contributed by atoms with Crippen LogP contribution in [0.4, 0.5) is 32.0 Å². The fourth-order valence-electron chi connectivity index (χ4n) is 4.39. The number of nitrogens with one attached hydrogen (secondary N) is 2. The third-order valence-corrected chi connectivity index (χ3v) is 6.33. The van der Waals surface area contributed by atoms with E-state index in [2.05, 4.69) is 32.4 Å². The summed E-state index contributed by atoms with van der Waals surface area (Å²) in [4.78, 5) is 30.1. The Balaban J connectivity index is 1.19. The SMILES string of the molecule is C=C1CC2(CCN1c1ccc(NC(=O)c3nnc(Nc4ccc(F)c(F)c4)o3)cn1)CC2C(=O)O. The highest BCUT2D eigenvalue weighted by molar-refractivity contribution is 6.00. The lowest BCUT2D eigenvalue weighted by Crippen LogP contribution is -2.34. The largest absolute Gasteiger partial charge is 0.481 e. The van der Waals surface area contributed by atoms with Gasteiger partial charge in [0.05, 0.1) is 17.8 Å². The van der Waals surface area contributed by atoms with Crippen LogP contribution in [-0.4, -0.2) is 38.7 Å². The predicted octanol–water partition coefficient (Wildman–Crippen LogP) is 3.94. The molecule has 2 aliphatic rings. The lowest BCUT2D eigenvalue weighted by Gasteiger charge is -2.35. The number of rotatable bonds is 6. The predicted molar refractivity (Wildman–Crippen MR) is 120 cm³/mol. The maximum atomic E-state index is 13.3. The Hall–Kier alpha value is -4.35. The Kier molecular flexibility index (Phi) is 5.42. The molecule has 3 N–H and O–H groups in total. The average molecular weight is 482 g/mol. The van der Waals surface area contributed by atoms with Gasteiger partial charge in [0, 0.05) is 24.0 Å². The van der Waals surface area contributed by atoms with Crippen LogP contribution in [0.15, 0.2) is 53.2 Å². The quantitative estimate of drug-likeness (QED) is 0.478. The third-order valence-electron chi connectivity index (χ3n) is 6.33. The molecule has 1 spiro atoms. The Morgan fingerprint density at radius 2 is 1.97 bits per heavy atom. The molecule has 10 nitrogen and oxygen atoms in total. The summed E-state index contributed by atoms with van der Waals surface area (Å²) in [5.41, 5.74) is 1.19. The van der Waals surface area contributed by atoms with Crippen LogP contribution >= 0.6 is 0 Å². The monoisotopic (exact) mass is 482 g/mol. The van der Waals surface area contributed by atoms with E-state index in [0.717, 1.165) is 24.3 Å². The molecule has 3 heterocycles. The van der Waals surface area contributed by atoms with Gasteiger partial charge in [-0.1, -0.05) is 11.7 Å². The van der Waals surface area contributed by atoms with Crippen molar-refractivity contribution >= 4 is 35.1 Å². The number of benzene rings is 1. The van der Waals surface area contributed by atoms with Gasteiger partial charge in [0.2, 0.25) is 0 Å². The van der Waals surface area contributed by atoms with Crippen LogP contribution < -0.4 is 15.5 Å². The summed E-state index contributed by atoms with van der Waals surface area (Å²) in [5, 5.41) is 21.8. The number of aliphatic carboxylic acids is 1. The highest BCUT2D eigenvalue weighted by Crippen LogP contribution is 2.61. The number of anilines is 4. The van der Waals surface area contributed by atoms with E-state index in [1.54, 1.807) is 12.1 Å². The topological polar surface area (TPSA) is 133 Å². The minimum absolute atomic E-state index is 0.170. The van der Waals surface area contributed by atoms with Crippen molar-refractivity contribution in [1.29, 1.82) is 0 Å². The molecule has 2 unspecified atom stereocenters. The van der Waals surface area contributed by atoms with E-state index < -0.39 is 23.5 Å². The second kappa shape index (κ2) is 8.46. The first kappa shape index (κ1) is 22.4. The van der Waals surface area contributed by atoms with E-state index in [-0.39, 0.29) is 28.9 Å². The van der Waals surface area contributed by atoms with Crippen LogP contribution in [0.3, 0.4) is 0 Å². The fourth-order valence-corrected chi connectivity index (χ4v) is 4.39. The van der Waals surface area contributed by atoms with Crippen molar-refractivity contribution in [2.45, 2.75) is 19.3 Å². The molecule has 35 heavy (non-hydrogen) atoms. The second-order valence-corrected chi connectivity index (χ2v) is 8.63. The normalized spacial score (nSPS) is 21.1. The minimum Gasteiger partial charge on any atom is -0.481 e. The number of carboxylic acids is 1. The number of piperidine rings is 1. The van der Waals surface area contributed by atoms with Gasteiger partial charge < -0.3 is 25.1 Å². The van der Waals surface area contributed by atoms with E-state index >= 15 is 0 Å². The highest BCUT2D eigenvalue weighted by atomic mass is 19.2. The van der Waals surface area contributed by atoms with Crippen molar-refractivity contribution < 1.29 is 27.9 Å². The summed E-state index contributed by atoms with van der Waals surface area (Å²) in [6.45, 7) is 4.73. The first-order valence-electron chi connectivity index (χ1n) is 10.8. The van der Waals surface area contributed by atoms with Crippen molar-refractivity contribution in [3.8, 4) is 0 Å². The number of hydrogen-bond acceptors (Lipinski definition) is 8. The molecule has 1 aliphatic carbocycles. The molecule has 1 amide bonds. The van der Waals surface area contributed by atoms with Gasteiger partial charge in [0.1, 0.15) is 5.82 Å². The number of carbonyl (C=O) groups excluding carboxylic acids is 1. The molecular formula is C23H20F2N6O4. The molecule has 1 aliphatic heterocycles. The maximum absolute atomic E-state index is 13.3. The number of halogens is 2. The van der Waals surface area contributed by atoms with Crippen LogP contribution in [-0.2, 0) is 4.79 Å². The molecule has 2 fully saturated rings. The number of carbonyl (C=O) groups is 2. The summed E-state index contributed by atoms with van der Waals surface area (Å²) in [5.74, 6) is -3.47. The lowest BCUT2D eigenvalue weighted by molar-refractivity contribution is -0.139. The molecule has 2 aromatic heterocycles. The summed E-state index contributed by atoms with van der Waals surface area (Å²) in [6.07, 6.45) is 3.52. The number of hydrogen-bond donors (Lipinski definition) is 3. The van der Waals surface area contributed by atoms with E-state index in [1.165, 1.54) is 12.3 Å². The molecule has 12 heteroatoms. The molecule has 2 atom stereocenters. The minimum atomic E-state index is -1.05. The van der Waals surface area contributed by atoms with Crippen molar-refractivity contribution in [3.63, 3.8) is 0 Å². The van der Waals surface area contributed by atoms with Crippen molar-refractivity contribution in [1.82, 2.24) is 15.2 Å². The number of carboxylic acid groups (broad SMARTS) is 1. The van der Waals surface area contributed by atoms with Gasteiger partial charge in [-0.25, -0.2) is 13.8 Å². The van der Waals surface area contributed by atoms with Crippen molar-refractivity contribution in [3.05, 3.63) is 66.3 Å². The van der Waals surface area contributed by atoms with Crippen LogP contribution in [0.1, 0.15) is 29.9 Å². The molecule has 0 bridgehead atoms. The smallest absolute Gasteiger partial charge is 0.320 e. The first-order valence-corrected chi connectivity index (χ1v) is 10.8. The van der Waals surface area contributed by atoms with Gasteiger partial charge in [0.25, 0.3) is 0 Å². The van der Waals surface area contributed by atoms with Crippen molar-refractivity contribution in [2.75, 3.05) is 22.1 Å². The zero-order valence-corrected chi connectivity index (χ0v) is 18.3. The molecule has 1 saturated carbocycles. The molecule has 1 saturated heterocycles. The van der Waals surface area contributed by atoms with Crippen LogP contribution in [0, 0.1) is 23.0 Å². The van der Waals surface area contributed by atoms with Gasteiger partial charge in [-0.3, -0.25) is 9.59 Å². The second-order valence-electron chi connectivity index (χ2n) is 8.63. The Labute approximate surface area is 197 Å². The number of nitrogens with zero attached hydrogens (tertiary/aromatic N) is 4. The van der Waals surface area contributed by atoms with Gasteiger partial charge in [-0.2, -0.15) is 0 Å². The van der Waals surface area contributed by atoms with Crippen LogP contribution in [0.25, 0.3) is 0 Å². The average Bonchev–Trinajstić information content (AvgIpc) is 3.31. The fraction of sp³-hybridized carbons (Fsp3) is 0.261. The number of amides is 1. The zero-order chi connectivity index (χ0) is 24.7. The van der Waals surface area contributed by atoms with Gasteiger partial charge in [0.15, 0.2) is 11.6 Å². The van der Waals surface area contributed by atoms with E-state index in [1.807, 2.05) is 4.90 Å². The zero-order valence-electron chi connectivity index (χ0n) is 18.3. The van der Waals surface area contributed by atoms with Crippen LogP contribution in [0.2, 0.25) is 0 Å². The number of allylic oxidation sites excluding steroid dienone is 1. The van der Waals surface area contributed by atoms with E-state index in [4.69, 9.17) is 4.42 Å². The summed E-state index contributed by atoms with van der Waals surface area (Å²) < 4.78 is 31.6. The van der Waals surface area contributed by atoms with Crippen LogP contribution in [0.5, 0.6) is 0 Å². The summed E-state index contributed by atoms with van der Waals surface area (Å²) in [7, 11) is 0. The standard InChI is InChI=1S/C23H20F2N6O4/c1-12-9-23(10-15(23)21(33)34)6-7-31(12)18-5-3-14(11-26-18)27-19(32)20-29-30-22(35-20)28-13-2-4-16(24)17(25)8-13/h2-5,8,11,15H,1,6-7,9-10H2,(H,27,32)(H,28,30)(H,33,34). The summed E-state index contributed by atoms with van der Waals surface area (Å²) >= 11 is 0. The molecule has 3 aromatic rings. The third kappa shape index (κ3) is 4.42. The first-order chi connectivity index (χ1) is 16.7. The highest BCUT2D eigenvalue weighted by Gasteiger charge is 2.59. The van der Waals surface area contributed by atoms with Crippen molar-refractivity contribution in [2.24, 2.45) is 11.3 Å². The van der Waals surface area contributed by atoms with E-state index in [9.17, 15) is 23.5 Å². The Morgan fingerprint density at radius 1 is 1.17 bits per heavy atom.